The van der Waals surface area contributed by atoms with E-state index in [0.29, 0.717) is 14.7 Å². The fourth-order valence-electron chi connectivity index (χ4n) is 1.87. The summed E-state index contributed by atoms with van der Waals surface area (Å²) in [4.78, 5) is 22.6. The molecule has 0 aliphatic carbocycles. The van der Waals surface area contributed by atoms with Crippen LogP contribution in [0.1, 0.15) is 20.7 Å². The van der Waals surface area contributed by atoms with Gasteiger partial charge >= 0.3 is 11.9 Å². The summed E-state index contributed by atoms with van der Waals surface area (Å²) in [5, 5.41) is 18.5. The van der Waals surface area contributed by atoms with Crippen molar-refractivity contribution >= 4 is 34.5 Å². The van der Waals surface area contributed by atoms with Gasteiger partial charge in [0, 0.05) is 3.57 Å². The van der Waals surface area contributed by atoms with E-state index in [1.54, 1.807) is 36.4 Å². The number of carboxylic acids is 2. The molecule has 0 heterocycles. The Morgan fingerprint density at radius 3 is 2.11 bits per heavy atom. The van der Waals surface area contributed by atoms with Crippen LogP contribution in [0.25, 0.3) is 11.1 Å². The van der Waals surface area contributed by atoms with Gasteiger partial charge in [0.1, 0.15) is 0 Å². The molecule has 2 rings (SSSR count). The number of rotatable bonds is 3. The second-order valence-electron chi connectivity index (χ2n) is 3.82. The maximum atomic E-state index is 11.3. The van der Waals surface area contributed by atoms with E-state index in [1.807, 2.05) is 22.6 Å². The molecule has 2 aromatic carbocycles. The molecule has 0 aromatic heterocycles. The van der Waals surface area contributed by atoms with Crippen LogP contribution in [-0.2, 0) is 0 Å². The van der Waals surface area contributed by atoms with Crippen LogP contribution in [0.2, 0.25) is 0 Å². The Labute approximate surface area is 122 Å². The average molecular weight is 368 g/mol. The summed E-state index contributed by atoms with van der Waals surface area (Å²) in [6, 6.07) is 11.4. The van der Waals surface area contributed by atoms with Crippen LogP contribution < -0.4 is 0 Å². The molecular weight excluding hydrogens is 359 g/mol. The minimum Gasteiger partial charge on any atom is -0.478 e. The highest BCUT2D eigenvalue weighted by Crippen LogP contribution is 2.30. The van der Waals surface area contributed by atoms with Gasteiger partial charge in [-0.3, -0.25) is 0 Å². The summed E-state index contributed by atoms with van der Waals surface area (Å²) < 4.78 is 0.572. The first-order valence-corrected chi connectivity index (χ1v) is 6.44. The van der Waals surface area contributed by atoms with Gasteiger partial charge in [-0.15, -0.1) is 0 Å². The monoisotopic (exact) mass is 368 g/mol. The average Bonchev–Trinajstić information content (AvgIpc) is 2.37. The third-order valence-electron chi connectivity index (χ3n) is 2.68. The molecule has 0 amide bonds. The molecule has 4 nitrogen and oxygen atoms in total. The van der Waals surface area contributed by atoms with Crippen LogP contribution >= 0.6 is 22.6 Å². The summed E-state index contributed by atoms with van der Waals surface area (Å²) in [5.41, 5.74) is 1.03. The van der Waals surface area contributed by atoms with E-state index in [0.717, 1.165) is 0 Å². The molecule has 0 atom stereocenters. The van der Waals surface area contributed by atoms with Crippen LogP contribution in [0, 0.1) is 3.57 Å². The van der Waals surface area contributed by atoms with Crippen molar-refractivity contribution in [2.24, 2.45) is 0 Å². The summed E-state index contributed by atoms with van der Waals surface area (Å²) >= 11 is 1.93. The van der Waals surface area contributed by atoms with Crippen molar-refractivity contribution in [1.29, 1.82) is 0 Å². The number of carboxylic acid groups (broad SMARTS) is 2. The molecular formula is C14H9IO4. The Bertz CT molecular complexity index is 664. The van der Waals surface area contributed by atoms with Crippen LogP contribution in [0.3, 0.4) is 0 Å². The van der Waals surface area contributed by atoms with E-state index in [9.17, 15) is 19.8 Å². The standard InChI is InChI=1S/C14H9IO4/c15-11-7-3-6-9(12(11)14(18)19)8-4-1-2-5-10(8)13(16)17/h1-7H,(H,16,17)(H,18,19). The zero-order valence-corrected chi connectivity index (χ0v) is 11.8. The molecule has 0 spiro atoms. The van der Waals surface area contributed by atoms with Crippen molar-refractivity contribution in [1.82, 2.24) is 0 Å². The highest BCUT2D eigenvalue weighted by molar-refractivity contribution is 14.1. The Morgan fingerprint density at radius 2 is 1.47 bits per heavy atom. The maximum absolute atomic E-state index is 11.3. The largest absolute Gasteiger partial charge is 0.478 e. The molecule has 0 aliphatic heterocycles. The Balaban J connectivity index is 2.76. The second-order valence-corrected chi connectivity index (χ2v) is 4.98. The molecule has 0 saturated heterocycles. The number of aromatic carboxylic acids is 2. The zero-order valence-electron chi connectivity index (χ0n) is 9.63. The van der Waals surface area contributed by atoms with E-state index >= 15 is 0 Å². The molecule has 0 fully saturated rings. The van der Waals surface area contributed by atoms with Crippen molar-refractivity contribution in [3.8, 4) is 11.1 Å². The number of hydrogen-bond donors (Lipinski definition) is 2. The van der Waals surface area contributed by atoms with E-state index in [1.165, 1.54) is 6.07 Å². The van der Waals surface area contributed by atoms with Crippen molar-refractivity contribution in [2.75, 3.05) is 0 Å². The van der Waals surface area contributed by atoms with Gasteiger partial charge in [-0.25, -0.2) is 9.59 Å². The first kappa shape index (κ1) is 13.5. The second kappa shape index (κ2) is 5.40. The summed E-state index contributed by atoms with van der Waals surface area (Å²) in [5.74, 6) is -2.15. The van der Waals surface area contributed by atoms with Gasteiger partial charge in [-0.1, -0.05) is 30.3 Å². The third kappa shape index (κ3) is 2.60. The molecule has 0 aliphatic rings. The summed E-state index contributed by atoms with van der Waals surface area (Å²) in [7, 11) is 0. The van der Waals surface area contributed by atoms with Crippen molar-refractivity contribution < 1.29 is 19.8 Å². The number of benzene rings is 2. The van der Waals surface area contributed by atoms with E-state index in [4.69, 9.17) is 0 Å². The van der Waals surface area contributed by atoms with Crippen LogP contribution in [0.4, 0.5) is 0 Å². The van der Waals surface area contributed by atoms with Gasteiger partial charge in [0.25, 0.3) is 0 Å². The predicted molar refractivity (Wildman–Crippen MR) is 78.5 cm³/mol. The van der Waals surface area contributed by atoms with Gasteiger partial charge in [0.2, 0.25) is 0 Å². The Morgan fingerprint density at radius 1 is 0.842 bits per heavy atom. The first-order chi connectivity index (χ1) is 9.02. The lowest BCUT2D eigenvalue weighted by Gasteiger charge is -2.10. The highest BCUT2D eigenvalue weighted by atomic mass is 127. The Hall–Kier alpha value is -1.89. The van der Waals surface area contributed by atoms with Gasteiger partial charge in [-0.2, -0.15) is 0 Å². The number of hydrogen-bond acceptors (Lipinski definition) is 2. The normalized spacial score (nSPS) is 10.2. The predicted octanol–water partition coefficient (Wildman–Crippen LogP) is 3.35. The first-order valence-electron chi connectivity index (χ1n) is 5.37. The molecule has 0 bridgehead atoms. The quantitative estimate of drug-likeness (QED) is 0.815. The zero-order chi connectivity index (χ0) is 14.0. The molecule has 0 radical (unpaired) electrons. The van der Waals surface area contributed by atoms with Crippen molar-refractivity contribution in [3.05, 3.63) is 57.2 Å². The lowest BCUT2D eigenvalue weighted by atomic mass is 9.95. The molecule has 96 valence electrons. The van der Waals surface area contributed by atoms with Crippen molar-refractivity contribution in [3.63, 3.8) is 0 Å². The fourth-order valence-corrected chi connectivity index (χ4v) is 2.60. The fraction of sp³-hybridized carbons (Fsp3) is 0. The van der Waals surface area contributed by atoms with Crippen LogP contribution in [0.15, 0.2) is 42.5 Å². The Kier molecular flexibility index (Phi) is 3.84. The molecule has 0 saturated carbocycles. The summed E-state index contributed by atoms with van der Waals surface area (Å²) in [6.07, 6.45) is 0. The van der Waals surface area contributed by atoms with Gasteiger partial charge in [-0.05, 0) is 45.9 Å². The molecule has 2 N–H and O–H groups in total. The number of carbonyl (C=O) groups is 2. The minimum absolute atomic E-state index is 0.0898. The maximum Gasteiger partial charge on any atom is 0.337 e. The van der Waals surface area contributed by atoms with E-state index in [2.05, 4.69) is 0 Å². The minimum atomic E-state index is -1.08. The van der Waals surface area contributed by atoms with Gasteiger partial charge < -0.3 is 10.2 Å². The van der Waals surface area contributed by atoms with Crippen LogP contribution in [0.5, 0.6) is 0 Å². The lowest BCUT2D eigenvalue weighted by Crippen LogP contribution is -2.05. The summed E-state index contributed by atoms with van der Waals surface area (Å²) in [6.45, 7) is 0. The van der Waals surface area contributed by atoms with Gasteiger partial charge in [0.05, 0.1) is 11.1 Å². The number of halogens is 1. The highest BCUT2D eigenvalue weighted by Gasteiger charge is 2.19. The smallest absolute Gasteiger partial charge is 0.337 e. The van der Waals surface area contributed by atoms with Crippen molar-refractivity contribution in [2.45, 2.75) is 0 Å². The molecule has 19 heavy (non-hydrogen) atoms. The SMILES string of the molecule is O=C(O)c1ccccc1-c1cccc(I)c1C(=O)O. The lowest BCUT2D eigenvalue weighted by molar-refractivity contribution is 0.0683. The van der Waals surface area contributed by atoms with E-state index in [-0.39, 0.29) is 11.1 Å². The van der Waals surface area contributed by atoms with Crippen LogP contribution in [-0.4, -0.2) is 22.2 Å². The topological polar surface area (TPSA) is 74.6 Å². The molecule has 5 heteroatoms. The van der Waals surface area contributed by atoms with Gasteiger partial charge in [0.15, 0.2) is 0 Å². The van der Waals surface area contributed by atoms with E-state index < -0.39 is 11.9 Å². The molecule has 0 unspecified atom stereocenters. The third-order valence-corrected chi connectivity index (χ3v) is 3.57. The molecule has 2 aromatic rings.